The molecule has 22 heavy (non-hydrogen) atoms. The van der Waals surface area contributed by atoms with E-state index in [0.717, 1.165) is 32.4 Å². The minimum atomic E-state index is -0.0413. The van der Waals surface area contributed by atoms with E-state index in [-0.39, 0.29) is 12.0 Å². The molecule has 0 N–H and O–H groups in total. The van der Waals surface area contributed by atoms with Crippen LogP contribution in [0.25, 0.3) is 0 Å². The maximum Gasteiger partial charge on any atom is 0.289 e. The van der Waals surface area contributed by atoms with Crippen molar-refractivity contribution in [2.24, 2.45) is 0 Å². The Labute approximate surface area is 130 Å². The number of benzene rings is 1. The Kier molecular flexibility index (Phi) is 4.91. The molecule has 0 aliphatic carbocycles. The zero-order chi connectivity index (χ0) is 15.2. The van der Waals surface area contributed by atoms with E-state index in [9.17, 15) is 4.79 Å². The molecule has 1 aliphatic heterocycles. The first-order valence-electron chi connectivity index (χ1n) is 7.81. The van der Waals surface area contributed by atoms with Crippen molar-refractivity contribution in [3.05, 3.63) is 60.1 Å². The third-order valence-corrected chi connectivity index (χ3v) is 3.97. The fraction of sp³-hybridized carbons (Fsp3) is 0.389. The molecule has 3 rings (SSSR count). The molecule has 2 aromatic rings. The lowest BCUT2D eigenvalue weighted by atomic mass is 10.1. The average Bonchev–Trinajstić information content (AvgIpc) is 3.24. The molecule has 2 heterocycles. The van der Waals surface area contributed by atoms with Gasteiger partial charge < -0.3 is 14.1 Å². The largest absolute Gasteiger partial charge is 0.459 e. The van der Waals surface area contributed by atoms with Crippen LogP contribution >= 0.6 is 0 Å². The number of amides is 1. The summed E-state index contributed by atoms with van der Waals surface area (Å²) < 4.78 is 11.1. The third kappa shape index (κ3) is 3.77. The molecule has 1 aromatic carbocycles. The molecule has 4 nitrogen and oxygen atoms in total. The average molecular weight is 299 g/mol. The number of rotatable bonds is 6. The van der Waals surface area contributed by atoms with Gasteiger partial charge in [0.25, 0.3) is 5.91 Å². The highest BCUT2D eigenvalue weighted by Crippen LogP contribution is 2.16. The summed E-state index contributed by atoms with van der Waals surface area (Å²) in [6, 6.07) is 13.9. The van der Waals surface area contributed by atoms with Crippen LogP contribution < -0.4 is 0 Å². The number of carbonyl (C=O) groups excluding carboxylic acids is 1. The van der Waals surface area contributed by atoms with E-state index in [4.69, 9.17) is 9.15 Å². The second-order valence-corrected chi connectivity index (χ2v) is 5.60. The second kappa shape index (κ2) is 7.27. The number of aryl methyl sites for hydroxylation is 1. The highest BCUT2D eigenvalue weighted by atomic mass is 16.5. The molecule has 4 heteroatoms. The van der Waals surface area contributed by atoms with Crippen LogP contribution in [-0.2, 0) is 11.2 Å². The van der Waals surface area contributed by atoms with Gasteiger partial charge in [-0.1, -0.05) is 30.3 Å². The minimum Gasteiger partial charge on any atom is -0.459 e. The standard InChI is InChI=1S/C18H21NO3/c20-18(17-9-5-13-22-17)19-11-10-16(14-19)21-12-4-8-15-6-2-1-3-7-15/h1-3,5-7,9,13,16H,4,8,10-12,14H2/t16-/m1/s1. The van der Waals surface area contributed by atoms with E-state index in [1.54, 1.807) is 17.0 Å². The number of likely N-dealkylation sites (tertiary alicyclic amines) is 1. The molecule has 1 aliphatic rings. The highest BCUT2D eigenvalue weighted by Gasteiger charge is 2.28. The Hall–Kier alpha value is -2.07. The van der Waals surface area contributed by atoms with Gasteiger partial charge in [-0.15, -0.1) is 0 Å². The summed E-state index contributed by atoms with van der Waals surface area (Å²) in [4.78, 5) is 14.0. The quantitative estimate of drug-likeness (QED) is 0.770. The normalized spacial score (nSPS) is 17.8. The summed E-state index contributed by atoms with van der Waals surface area (Å²) >= 11 is 0. The van der Waals surface area contributed by atoms with Crippen molar-refractivity contribution in [3.8, 4) is 0 Å². The maximum atomic E-state index is 12.1. The first-order valence-corrected chi connectivity index (χ1v) is 7.81. The predicted molar refractivity (Wildman–Crippen MR) is 83.7 cm³/mol. The zero-order valence-electron chi connectivity index (χ0n) is 12.6. The van der Waals surface area contributed by atoms with E-state index in [2.05, 4.69) is 24.3 Å². The molecule has 0 saturated carbocycles. The second-order valence-electron chi connectivity index (χ2n) is 5.60. The first-order chi connectivity index (χ1) is 10.8. The summed E-state index contributed by atoms with van der Waals surface area (Å²) in [6.45, 7) is 2.14. The van der Waals surface area contributed by atoms with Crippen molar-refractivity contribution in [2.75, 3.05) is 19.7 Å². The van der Waals surface area contributed by atoms with E-state index in [0.29, 0.717) is 12.3 Å². The van der Waals surface area contributed by atoms with Crippen molar-refractivity contribution in [1.82, 2.24) is 4.90 Å². The van der Waals surface area contributed by atoms with E-state index < -0.39 is 0 Å². The smallest absolute Gasteiger partial charge is 0.289 e. The zero-order valence-corrected chi connectivity index (χ0v) is 12.6. The van der Waals surface area contributed by atoms with Crippen LogP contribution in [0.1, 0.15) is 29.0 Å². The van der Waals surface area contributed by atoms with Crippen molar-refractivity contribution in [3.63, 3.8) is 0 Å². The van der Waals surface area contributed by atoms with E-state index >= 15 is 0 Å². The molecule has 1 atom stereocenters. The number of ether oxygens (including phenoxy) is 1. The van der Waals surface area contributed by atoms with Crippen LogP contribution in [0, 0.1) is 0 Å². The topological polar surface area (TPSA) is 42.7 Å². The fourth-order valence-corrected chi connectivity index (χ4v) is 2.78. The van der Waals surface area contributed by atoms with Crippen LogP contribution in [0.3, 0.4) is 0 Å². The van der Waals surface area contributed by atoms with Gasteiger partial charge in [-0.05, 0) is 37.0 Å². The number of hydrogen-bond donors (Lipinski definition) is 0. The van der Waals surface area contributed by atoms with Crippen LogP contribution in [0.5, 0.6) is 0 Å². The summed E-state index contributed by atoms with van der Waals surface area (Å²) in [5, 5.41) is 0. The highest BCUT2D eigenvalue weighted by molar-refractivity contribution is 5.91. The molecule has 0 radical (unpaired) electrons. The molecule has 0 unspecified atom stereocenters. The molecule has 0 bridgehead atoms. The van der Waals surface area contributed by atoms with Gasteiger partial charge in [0.1, 0.15) is 0 Å². The fourth-order valence-electron chi connectivity index (χ4n) is 2.78. The summed E-state index contributed by atoms with van der Waals surface area (Å²) in [5.74, 6) is 0.366. The monoisotopic (exact) mass is 299 g/mol. The van der Waals surface area contributed by atoms with Gasteiger partial charge in [-0.3, -0.25) is 4.79 Å². The van der Waals surface area contributed by atoms with E-state index in [1.165, 1.54) is 11.8 Å². The van der Waals surface area contributed by atoms with Gasteiger partial charge in [0.15, 0.2) is 5.76 Å². The molecule has 1 fully saturated rings. The van der Waals surface area contributed by atoms with Gasteiger partial charge >= 0.3 is 0 Å². The number of hydrogen-bond acceptors (Lipinski definition) is 3. The third-order valence-electron chi connectivity index (χ3n) is 3.97. The summed E-state index contributed by atoms with van der Waals surface area (Å²) in [5.41, 5.74) is 1.34. The Morgan fingerprint density at radius 2 is 2.09 bits per heavy atom. The lowest BCUT2D eigenvalue weighted by molar-refractivity contribution is 0.0514. The minimum absolute atomic E-state index is 0.0413. The number of carbonyl (C=O) groups is 1. The van der Waals surface area contributed by atoms with Crippen LogP contribution in [0.15, 0.2) is 53.1 Å². The van der Waals surface area contributed by atoms with Gasteiger partial charge in [-0.25, -0.2) is 0 Å². The van der Waals surface area contributed by atoms with Gasteiger partial charge in [-0.2, -0.15) is 0 Å². The van der Waals surface area contributed by atoms with Gasteiger partial charge in [0.2, 0.25) is 0 Å². The molecule has 116 valence electrons. The summed E-state index contributed by atoms with van der Waals surface area (Å²) in [6.07, 6.45) is 4.61. The predicted octanol–water partition coefficient (Wildman–Crippen LogP) is 3.14. The van der Waals surface area contributed by atoms with Gasteiger partial charge in [0, 0.05) is 19.7 Å². The molecule has 1 aromatic heterocycles. The maximum absolute atomic E-state index is 12.1. The lowest BCUT2D eigenvalue weighted by Gasteiger charge is -2.15. The molecule has 0 spiro atoms. The van der Waals surface area contributed by atoms with Crippen molar-refractivity contribution in [2.45, 2.75) is 25.4 Å². The molecular formula is C18H21NO3. The molecule has 1 amide bonds. The van der Waals surface area contributed by atoms with Crippen molar-refractivity contribution in [1.29, 1.82) is 0 Å². The summed E-state index contributed by atoms with van der Waals surface area (Å²) in [7, 11) is 0. The van der Waals surface area contributed by atoms with Crippen molar-refractivity contribution >= 4 is 5.91 Å². The van der Waals surface area contributed by atoms with E-state index in [1.807, 2.05) is 6.07 Å². The Morgan fingerprint density at radius 3 is 2.86 bits per heavy atom. The Balaban J connectivity index is 1.37. The van der Waals surface area contributed by atoms with Crippen LogP contribution in [0.2, 0.25) is 0 Å². The first kappa shape index (κ1) is 14.9. The molecule has 1 saturated heterocycles. The number of nitrogens with zero attached hydrogens (tertiary/aromatic N) is 1. The SMILES string of the molecule is O=C(c1ccco1)N1CC[C@@H](OCCCc2ccccc2)C1. The lowest BCUT2D eigenvalue weighted by Crippen LogP contribution is -2.30. The Morgan fingerprint density at radius 1 is 1.23 bits per heavy atom. The molecular weight excluding hydrogens is 278 g/mol. The number of furan rings is 1. The van der Waals surface area contributed by atoms with Crippen molar-refractivity contribution < 1.29 is 13.9 Å². The van der Waals surface area contributed by atoms with Gasteiger partial charge in [0.05, 0.1) is 12.4 Å². The van der Waals surface area contributed by atoms with Crippen LogP contribution in [0.4, 0.5) is 0 Å². The Bertz CT molecular complexity index is 580. The van der Waals surface area contributed by atoms with Crippen LogP contribution in [-0.4, -0.2) is 36.6 Å².